The van der Waals surface area contributed by atoms with Gasteiger partial charge in [0.25, 0.3) is 0 Å². The van der Waals surface area contributed by atoms with Crippen LogP contribution in [0, 0.1) is 5.92 Å². The molecule has 0 nitrogen and oxygen atoms in total. The van der Waals surface area contributed by atoms with Gasteiger partial charge in [0.2, 0.25) is 0 Å². The minimum absolute atomic E-state index is 0.759. The van der Waals surface area contributed by atoms with E-state index in [-0.39, 0.29) is 0 Å². The Labute approximate surface area is 93.4 Å². The largest absolute Gasteiger partial charge is 0.0831 e. The zero-order valence-corrected chi connectivity index (χ0v) is 10.3. The van der Waals surface area contributed by atoms with Gasteiger partial charge in [0, 0.05) is 4.47 Å². The highest BCUT2D eigenvalue weighted by atomic mass is 79.9. The van der Waals surface area contributed by atoms with Crippen molar-refractivity contribution in [3.05, 3.63) is 33.3 Å². The molecule has 1 aromatic carbocycles. The summed E-state index contributed by atoms with van der Waals surface area (Å²) in [5.74, 6) is 0.759. The highest BCUT2D eigenvalue weighted by Crippen LogP contribution is 2.24. The summed E-state index contributed by atoms with van der Waals surface area (Å²) in [7, 11) is 0. The van der Waals surface area contributed by atoms with E-state index in [1.807, 2.05) is 6.07 Å². The Bertz CT molecular complexity index is 281. The molecule has 1 aromatic rings. The zero-order valence-electron chi connectivity index (χ0n) is 7.98. The molecule has 0 atom stereocenters. The molecule has 1 rings (SSSR count). The second-order valence-corrected chi connectivity index (χ2v) is 4.94. The van der Waals surface area contributed by atoms with Crippen LogP contribution in [0.15, 0.2) is 22.7 Å². The number of rotatable bonds is 3. The molecule has 0 aromatic heterocycles. The predicted molar refractivity (Wildman–Crippen MR) is 62.3 cm³/mol. The molecule has 72 valence electrons. The first-order valence-electron chi connectivity index (χ1n) is 4.53. The Morgan fingerprint density at radius 1 is 1.38 bits per heavy atom. The van der Waals surface area contributed by atoms with Gasteiger partial charge in [-0.05, 0) is 52.4 Å². The molecule has 0 saturated heterocycles. The molecule has 0 aliphatic carbocycles. The van der Waals surface area contributed by atoms with Gasteiger partial charge in [0.05, 0.1) is 5.02 Å². The van der Waals surface area contributed by atoms with Crippen molar-refractivity contribution in [3.8, 4) is 0 Å². The predicted octanol–water partition coefficient (Wildman–Crippen LogP) is 4.69. The van der Waals surface area contributed by atoms with Gasteiger partial charge in [0.15, 0.2) is 0 Å². The van der Waals surface area contributed by atoms with Crippen LogP contribution in [0.5, 0.6) is 0 Å². The number of hydrogen-bond donors (Lipinski definition) is 0. The van der Waals surface area contributed by atoms with E-state index in [2.05, 4.69) is 41.9 Å². The lowest BCUT2D eigenvalue weighted by Crippen LogP contribution is -1.91. The number of halogens is 2. The average Bonchev–Trinajstić information content (AvgIpc) is 2.07. The fraction of sp³-hybridized carbons (Fsp3) is 0.455. The van der Waals surface area contributed by atoms with Gasteiger partial charge in [-0.15, -0.1) is 0 Å². The molecule has 0 N–H and O–H groups in total. The van der Waals surface area contributed by atoms with Crippen molar-refractivity contribution in [2.75, 3.05) is 0 Å². The van der Waals surface area contributed by atoms with E-state index in [0.717, 1.165) is 21.8 Å². The molecule has 0 saturated carbocycles. The monoisotopic (exact) mass is 260 g/mol. The highest BCUT2D eigenvalue weighted by molar-refractivity contribution is 9.10. The van der Waals surface area contributed by atoms with Gasteiger partial charge in [-0.25, -0.2) is 0 Å². The van der Waals surface area contributed by atoms with Gasteiger partial charge in [-0.3, -0.25) is 0 Å². The summed E-state index contributed by atoms with van der Waals surface area (Å²) in [5.41, 5.74) is 1.35. The maximum atomic E-state index is 5.90. The summed E-state index contributed by atoms with van der Waals surface area (Å²) in [5, 5.41) is 0.785. The summed E-state index contributed by atoms with van der Waals surface area (Å²) >= 11 is 9.32. The molecule has 0 amide bonds. The third-order valence-electron chi connectivity index (χ3n) is 1.99. The number of aryl methyl sites for hydroxylation is 1. The van der Waals surface area contributed by atoms with Crippen LogP contribution in [0.2, 0.25) is 5.02 Å². The van der Waals surface area contributed by atoms with Gasteiger partial charge >= 0.3 is 0 Å². The molecule has 13 heavy (non-hydrogen) atoms. The minimum atomic E-state index is 0.759. The van der Waals surface area contributed by atoms with Crippen LogP contribution in [-0.4, -0.2) is 0 Å². The van der Waals surface area contributed by atoms with Gasteiger partial charge in [-0.1, -0.05) is 31.5 Å². The quantitative estimate of drug-likeness (QED) is 0.740. The van der Waals surface area contributed by atoms with Crippen LogP contribution >= 0.6 is 27.5 Å². The van der Waals surface area contributed by atoms with E-state index >= 15 is 0 Å². The summed E-state index contributed by atoms with van der Waals surface area (Å²) in [6, 6.07) is 6.14. The first kappa shape index (κ1) is 11.1. The summed E-state index contributed by atoms with van der Waals surface area (Å²) in [4.78, 5) is 0. The van der Waals surface area contributed by atoms with Crippen molar-refractivity contribution < 1.29 is 0 Å². The standard InChI is InChI=1S/C11H14BrCl/c1-8(2)3-4-9-5-6-11(13)10(12)7-9/h5-8H,3-4H2,1-2H3. The molecular formula is C11H14BrCl. The molecule has 0 radical (unpaired) electrons. The molecule has 0 unspecified atom stereocenters. The maximum absolute atomic E-state index is 5.90. The Kier molecular flexibility index (Phi) is 4.27. The fourth-order valence-corrected chi connectivity index (χ4v) is 1.69. The van der Waals surface area contributed by atoms with Crippen molar-refractivity contribution in [1.29, 1.82) is 0 Å². The Hall–Kier alpha value is -0.0100. The highest BCUT2D eigenvalue weighted by Gasteiger charge is 2.00. The third-order valence-corrected chi connectivity index (χ3v) is 3.21. The molecular weight excluding hydrogens is 247 g/mol. The van der Waals surface area contributed by atoms with E-state index in [1.54, 1.807) is 0 Å². The molecule has 0 fully saturated rings. The van der Waals surface area contributed by atoms with E-state index in [1.165, 1.54) is 12.0 Å². The second-order valence-electron chi connectivity index (χ2n) is 3.68. The van der Waals surface area contributed by atoms with E-state index < -0.39 is 0 Å². The van der Waals surface area contributed by atoms with Crippen LogP contribution in [0.25, 0.3) is 0 Å². The van der Waals surface area contributed by atoms with E-state index in [4.69, 9.17) is 11.6 Å². The molecule has 0 spiro atoms. The van der Waals surface area contributed by atoms with Crippen LogP contribution < -0.4 is 0 Å². The van der Waals surface area contributed by atoms with Crippen molar-refractivity contribution in [3.63, 3.8) is 0 Å². The van der Waals surface area contributed by atoms with Gasteiger partial charge in [-0.2, -0.15) is 0 Å². The first-order chi connectivity index (χ1) is 6.09. The number of hydrogen-bond acceptors (Lipinski definition) is 0. The topological polar surface area (TPSA) is 0 Å². The van der Waals surface area contributed by atoms with Gasteiger partial charge < -0.3 is 0 Å². The minimum Gasteiger partial charge on any atom is -0.0831 e. The van der Waals surface area contributed by atoms with Gasteiger partial charge in [0.1, 0.15) is 0 Å². The molecule has 2 heteroatoms. The molecule has 0 bridgehead atoms. The summed E-state index contributed by atoms with van der Waals surface area (Å²) in [6.45, 7) is 4.48. The Morgan fingerprint density at radius 3 is 2.62 bits per heavy atom. The summed E-state index contributed by atoms with van der Waals surface area (Å²) < 4.78 is 0.996. The van der Waals surface area contributed by atoms with Crippen LogP contribution in [0.1, 0.15) is 25.8 Å². The van der Waals surface area contributed by atoms with Crippen molar-refractivity contribution in [2.45, 2.75) is 26.7 Å². The maximum Gasteiger partial charge on any atom is 0.0548 e. The molecule has 0 heterocycles. The molecule has 0 aliphatic rings. The average molecular weight is 262 g/mol. The van der Waals surface area contributed by atoms with E-state index in [0.29, 0.717) is 0 Å². The molecule has 0 aliphatic heterocycles. The van der Waals surface area contributed by atoms with Crippen molar-refractivity contribution in [2.24, 2.45) is 5.92 Å². The summed E-state index contributed by atoms with van der Waals surface area (Å²) in [6.07, 6.45) is 2.36. The zero-order chi connectivity index (χ0) is 9.84. The number of benzene rings is 1. The van der Waals surface area contributed by atoms with Crippen LogP contribution in [-0.2, 0) is 6.42 Å². The SMILES string of the molecule is CC(C)CCc1ccc(Cl)c(Br)c1. The van der Waals surface area contributed by atoms with Crippen molar-refractivity contribution >= 4 is 27.5 Å². The second kappa shape index (κ2) is 5.02. The van der Waals surface area contributed by atoms with Crippen molar-refractivity contribution in [1.82, 2.24) is 0 Å². The Morgan fingerprint density at radius 2 is 2.08 bits per heavy atom. The smallest absolute Gasteiger partial charge is 0.0548 e. The lowest BCUT2D eigenvalue weighted by molar-refractivity contribution is 0.586. The van der Waals surface area contributed by atoms with Crippen LogP contribution in [0.3, 0.4) is 0 Å². The first-order valence-corrected chi connectivity index (χ1v) is 5.70. The lowest BCUT2D eigenvalue weighted by Gasteiger charge is -2.05. The van der Waals surface area contributed by atoms with E-state index in [9.17, 15) is 0 Å². The third kappa shape index (κ3) is 3.70. The lowest BCUT2D eigenvalue weighted by atomic mass is 10.0. The van der Waals surface area contributed by atoms with Crippen LogP contribution in [0.4, 0.5) is 0 Å². The normalized spacial score (nSPS) is 10.8. The Balaban J connectivity index is 2.63. The fourth-order valence-electron chi connectivity index (χ4n) is 1.15.